The van der Waals surface area contributed by atoms with Crippen molar-refractivity contribution in [2.24, 2.45) is 5.92 Å². The Morgan fingerprint density at radius 3 is 2.70 bits per heavy atom. The molecule has 1 N–H and O–H groups in total. The lowest BCUT2D eigenvalue weighted by Crippen LogP contribution is -2.32. The summed E-state index contributed by atoms with van der Waals surface area (Å²) in [7, 11) is 0. The molecule has 2 unspecified atom stereocenters. The van der Waals surface area contributed by atoms with Crippen LogP contribution < -0.4 is 4.74 Å². The van der Waals surface area contributed by atoms with Crippen molar-refractivity contribution in [2.45, 2.75) is 6.10 Å². The number of hydrogen-bond donors (Lipinski definition) is 1. The third-order valence-electron chi connectivity index (χ3n) is 3.49. The molecular weight excluding hydrogens is 259 g/mol. The molecule has 0 bridgehead atoms. The Bertz CT molecular complexity index is 639. The normalized spacial score (nSPS) is 20.9. The molecule has 1 heterocycles. The average molecular weight is 272 g/mol. The highest BCUT2D eigenvalue weighted by molar-refractivity contribution is 5.98. The number of halogens is 1. The van der Waals surface area contributed by atoms with Crippen LogP contribution in [0.5, 0.6) is 5.75 Å². The van der Waals surface area contributed by atoms with E-state index in [1.54, 1.807) is 24.3 Å². The minimum absolute atomic E-state index is 0.0470. The summed E-state index contributed by atoms with van der Waals surface area (Å²) in [6.45, 7) is 0.0470. The van der Waals surface area contributed by atoms with Gasteiger partial charge in [-0.15, -0.1) is 0 Å². The molecular formula is C16H13FO3. The number of aliphatic hydroxyl groups excluding tert-OH is 1. The first kappa shape index (κ1) is 12.8. The van der Waals surface area contributed by atoms with Gasteiger partial charge < -0.3 is 9.84 Å². The molecule has 0 fully saturated rings. The monoisotopic (exact) mass is 272 g/mol. The van der Waals surface area contributed by atoms with Crippen LogP contribution in [-0.4, -0.2) is 17.5 Å². The lowest BCUT2D eigenvalue weighted by Gasteiger charge is -2.29. The van der Waals surface area contributed by atoms with E-state index in [9.17, 15) is 14.3 Å². The Morgan fingerprint density at radius 1 is 1.20 bits per heavy atom. The zero-order chi connectivity index (χ0) is 14.1. The summed E-state index contributed by atoms with van der Waals surface area (Å²) in [6.07, 6.45) is -0.980. The Kier molecular flexibility index (Phi) is 3.24. The summed E-state index contributed by atoms with van der Waals surface area (Å²) in [5.41, 5.74) is 0.984. The maximum atomic E-state index is 13.1. The standard InChI is InChI=1S/C16H13FO3/c17-11-6-7-12-14(8-11)20-9-13(16(12)19)15(18)10-4-2-1-3-5-10/h1-8,13,16,19H,9H2. The summed E-state index contributed by atoms with van der Waals surface area (Å²) >= 11 is 0. The highest BCUT2D eigenvalue weighted by Crippen LogP contribution is 2.37. The molecule has 102 valence electrons. The number of ketones is 1. The van der Waals surface area contributed by atoms with Gasteiger partial charge in [0, 0.05) is 17.2 Å². The van der Waals surface area contributed by atoms with Crippen molar-refractivity contribution < 1.29 is 19.0 Å². The number of hydrogen-bond acceptors (Lipinski definition) is 3. The van der Waals surface area contributed by atoms with E-state index in [1.807, 2.05) is 6.07 Å². The first-order chi connectivity index (χ1) is 9.66. The van der Waals surface area contributed by atoms with Crippen LogP contribution in [0.4, 0.5) is 4.39 Å². The van der Waals surface area contributed by atoms with Crippen molar-refractivity contribution >= 4 is 5.78 Å². The molecule has 2 aromatic rings. The van der Waals surface area contributed by atoms with E-state index >= 15 is 0 Å². The second-order valence-corrected chi connectivity index (χ2v) is 4.77. The molecule has 4 heteroatoms. The van der Waals surface area contributed by atoms with Crippen LogP contribution in [0.1, 0.15) is 22.0 Å². The maximum Gasteiger partial charge on any atom is 0.172 e. The number of Topliss-reactive ketones (excluding diaryl/α,β-unsaturated/α-hetero) is 1. The summed E-state index contributed by atoms with van der Waals surface area (Å²) < 4.78 is 18.5. The van der Waals surface area contributed by atoms with E-state index in [0.717, 1.165) is 0 Å². The van der Waals surface area contributed by atoms with Crippen molar-refractivity contribution in [3.05, 3.63) is 65.5 Å². The van der Waals surface area contributed by atoms with E-state index < -0.39 is 17.8 Å². The molecule has 0 amide bonds. The van der Waals surface area contributed by atoms with E-state index in [1.165, 1.54) is 18.2 Å². The smallest absolute Gasteiger partial charge is 0.172 e. The molecule has 0 radical (unpaired) electrons. The number of ether oxygens (including phenoxy) is 1. The number of benzene rings is 2. The lowest BCUT2D eigenvalue weighted by atomic mass is 9.87. The van der Waals surface area contributed by atoms with Crippen molar-refractivity contribution in [2.75, 3.05) is 6.61 Å². The van der Waals surface area contributed by atoms with Crippen molar-refractivity contribution in [3.63, 3.8) is 0 Å². The molecule has 0 saturated carbocycles. The van der Waals surface area contributed by atoms with Gasteiger partial charge in [-0.25, -0.2) is 4.39 Å². The van der Waals surface area contributed by atoms with Crippen LogP contribution >= 0.6 is 0 Å². The summed E-state index contributed by atoms with van der Waals surface area (Å²) in [6, 6.07) is 12.7. The van der Waals surface area contributed by atoms with Crippen molar-refractivity contribution in [1.82, 2.24) is 0 Å². The fourth-order valence-corrected chi connectivity index (χ4v) is 2.40. The van der Waals surface area contributed by atoms with E-state index in [2.05, 4.69) is 0 Å². The number of fused-ring (bicyclic) bond motifs is 1. The maximum absolute atomic E-state index is 13.1. The number of rotatable bonds is 2. The summed E-state index contributed by atoms with van der Waals surface area (Å²) in [5, 5.41) is 10.3. The number of aliphatic hydroxyl groups is 1. The second-order valence-electron chi connectivity index (χ2n) is 4.77. The summed E-state index contributed by atoms with van der Waals surface area (Å²) in [5.74, 6) is -0.971. The Balaban J connectivity index is 1.91. The lowest BCUT2D eigenvalue weighted by molar-refractivity contribution is 0.0416. The SMILES string of the molecule is O=C(c1ccccc1)C1COc2cc(F)ccc2C1O. The highest BCUT2D eigenvalue weighted by atomic mass is 19.1. The predicted molar refractivity (Wildman–Crippen MR) is 71.1 cm³/mol. The van der Waals surface area contributed by atoms with Crippen molar-refractivity contribution in [3.8, 4) is 5.75 Å². The van der Waals surface area contributed by atoms with Gasteiger partial charge in [0.05, 0.1) is 12.0 Å². The largest absolute Gasteiger partial charge is 0.492 e. The van der Waals surface area contributed by atoms with E-state index in [4.69, 9.17) is 4.74 Å². The zero-order valence-electron chi connectivity index (χ0n) is 10.6. The molecule has 0 aromatic heterocycles. The molecule has 0 spiro atoms. The number of carbonyl (C=O) groups excluding carboxylic acids is 1. The molecule has 3 nitrogen and oxygen atoms in total. The molecule has 2 aromatic carbocycles. The van der Waals surface area contributed by atoms with Gasteiger partial charge in [0.25, 0.3) is 0 Å². The molecule has 1 aliphatic heterocycles. The topological polar surface area (TPSA) is 46.5 Å². The fourth-order valence-electron chi connectivity index (χ4n) is 2.40. The van der Waals surface area contributed by atoms with Gasteiger partial charge in [-0.05, 0) is 12.1 Å². The quantitative estimate of drug-likeness (QED) is 0.855. The van der Waals surface area contributed by atoms with Gasteiger partial charge in [-0.3, -0.25) is 4.79 Å². The summed E-state index contributed by atoms with van der Waals surface area (Å²) in [4.78, 5) is 12.4. The molecule has 3 rings (SSSR count). The predicted octanol–water partition coefficient (Wildman–Crippen LogP) is 2.75. The van der Waals surface area contributed by atoms with Crippen molar-refractivity contribution in [1.29, 1.82) is 0 Å². The van der Waals surface area contributed by atoms with Crippen LogP contribution in [0, 0.1) is 11.7 Å². The minimum Gasteiger partial charge on any atom is -0.492 e. The fraction of sp³-hybridized carbons (Fsp3) is 0.188. The molecule has 0 saturated heterocycles. The highest BCUT2D eigenvalue weighted by Gasteiger charge is 2.35. The molecule has 2 atom stereocenters. The average Bonchev–Trinajstić information content (AvgIpc) is 2.48. The number of carbonyl (C=O) groups is 1. The Morgan fingerprint density at radius 2 is 1.95 bits per heavy atom. The Hall–Kier alpha value is -2.20. The van der Waals surface area contributed by atoms with Gasteiger partial charge in [-0.2, -0.15) is 0 Å². The van der Waals surface area contributed by atoms with Gasteiger partial charge in [0.1, 0.15) is 18.2 Å². The second kappa shape index (κ2) is 5.06. The third kappa shape index (κ3) is 2.18. The first-order valence-corrected chi connectivity index (χ1v) is 6.36. The van der Waals surface area contributed by atoms with Crippen LogP contribution in [0.3, 0.4) is 0 Å². The van der Waals surface area contributed by atoms with Crippen LogP contribution in [0.15, 0.2) is 48.5 Å². The van der Waals surface area contributed by atoms with Crippen LogP contribution in [0.25, 0.3) is 0 Å². The van der Waals surface area contributed by atoms with Gasteiger partial charge in [0.15, 0.2) is 5.78 Å². The van der Waals surface area contributed by atoms with Crippen LogP contribution in [-0.2, 0) is 0 Å². The molecule has 20 heavy (non-hydrogen) atoms. The van der Waals surface area contributed by atoms with E-state index in [-0.39, 0.29) is 12.4 Å². The van der Waals surface area contributed by atoms with Gasteiger partial charge >= 0.3 is 0 Å². The van der Waals surface area contributed by atoms with Gasteiger partial charge in [-0.1, -0.05) is 30.3 Å². The van der Waals surface area contributed by atoms with Crippen LogP contribution in [0.2, 0.25) is 0 Å². The Labute approximate surface area is 115 Å². The molecule has 0 aliphatic carbocycles. The molecule has 1 aliphatic rings. The first-order valence-electron chi connectivity index (χ1n) is 6.36. The minimum atomic E-state index is -0.980. The third-order valence-corrected chi connectivity index (χ3v) is 3.49. The van der Waals surface area contributed by atoms with E-state index in [0.29, 0.717) is 16.9 Å². The van der Waals surface area contributed by atoms with Gasteiger partial charge in [0.2, 0.25) is 0 Å². The zero-order valence-corrected chi connectivity index (χ0v) is 10.6.